The van der Waals surface area contributed by atoms with Crippen LogP contribution < -0.4 is 10.7 Å². The van der Waals surface area contributed by atoms with Crippen molar-refractivity contribution in [3.8, 4) is 5.75 Å². The Morgan fingerprint density at radius 3 is 2.58 bits per heavy atom. The smallest absolute Gasteiger partial charge is 0.329 e. The van der Waals surface area contributed by atoms with Gasteiger partial charge in [-0.1, -0.05) is 46.3 Å². The van der Waals surface area contributed by atoms with E-state index >= 15 is 0 Å². The molecule has 0 saturated heterocycles. The zero-order valence-electron chi connectivity index (χ0n) is 12.9. The lowest BCUT2D eigenvalue weighted by molar-refractivity contribution is -0.139. The summed E-state index contributed by atoms with van der Waals surface area (Å²) in [5.41, 5.74) is 3.42. The van der Waals surface area contributed by atoms with Crippen LogP contribution in [-0.2, 0) is 9.59 Å². The van der Waals surface area contributed by atoms with E-state index in [0.717, 1.165) is 10.0 Å². The van der Waals surface area contributed by atoms with Gasteiger partial charge in [0.15, 0.2) is 0 Å². The van der Waals surface area contributed by atoms with Gasteiger partial charge in [-0.2, -0.15) is 5.10 Å². The van der Waals surface area contributed by atoms with Gasteiger partial charge in [-0.15, -0.1) is 0 Å². The fraction of sp³-hybridized carbons (Fsp3) is 0.118. The standard InChI is InChI=1S/C17H16BrN3O3/c1-11(12-5-3-2-4-6-12)20-16(23)17(24)21-19-10-13-9-14(18)7-8-15(13)22/h2-11,22H,1H3,(H,20,23)(H,21,24)/b19-10-/t11-/m1/s1. The first kappa shape index (κ1) is 17.7. The number of aromatic hydroxyl groups is 1. The van der Waals surface area contributed by atoms with Crippen LogP contribution in [0.4, 0.5) is 0 Å². The zero-order valence-corrected chi connectivity index (χ0v) is 14.4. The first-order chi connectivity index (χ1) is 11.5. The maximum Gasteiger partial charge on any atom is 0.329 e. The van der Waals surface area contributed by atoms with E-state index in [-0.39, 0.29) is 11.8 Å². The molecule has 0 aromatic heterocycles. The Kier molecular flexibility index (Phi) is 6.08. The molecule has 0 aliphatic carbocycles. The fourth-order valence-electron chi connectivity index (χ4n) is 1.93. The van der Waals surface area contributed by atoms with Crippen LogP contribution in [0, 0.1) is 0 Å². The van der Waals surface area contributed by atoms with Crippen LogP contribution in [0.15, 0.2) is 58.1 Å². The number of nitrogens with one attached hydrogen (secondary N) is 2. The first-order valence-electron chi connectivity index (χ1n) is 7.14. The molecule has 0 spiro atoms. The average Bonchev–Trinajstić information content (AvgIpc) is 2.58. The molecular formula is C17H16BrN3O3. The number of carbonyl (C=O) groups excluding carboxylic acids is 2. The summed E-state index contributed by atoms with van der Waals surface area (Å²) in [5, 5.41) is 15.9. The molecule has 2 amide bonds. The quantitative estimate of drug-likeness (QED) is 0.426. The SMILES string of the molecule is C[C@@H](NC(=O)C(=O)N/N=C\c1cc(Br)ccc1O)c1ccccc1. The molecular weight excluding hydrogens is 374 g/mol. The van der Waals surface area contributed by atoms with Crippen molar-refractivity contribution < 1.29 is 14.7 Å². The first-order valence-corrected chi connectivity index (χ1v) is 7.94. The second-order valence-corrected chi connectivity index (χ2v) is 5.92. The third-order valence-corrected chi connectivity index (χ3v) is 3.71. The van der Waals surface area contributed by atoms with Crippen molar-refractivity contribution in [2.24, 2.45) is 5.10 Å². The summed E-state index contributed by atoms with van der Waals surface area (Å²) >= 11 is 3.27. The van der Waals surface area contributed by atoms with Gasteiger partial charge in [0.05, 0.1) is 12.3 Å². The van der Waals surface area contributed by atoms with E-state index in [2.05, 4.69) is 31.8 Å². The molecule has 0 unspecified atom stereocenters. The van der Waals surface area contributed by atoms with E-state index in [1.807, 2.05) is 30.3 Å². The van der Waals surface area contributed by atoms with Crippen LogP contribution in [0.5, 0.6) is 5.75 Å². The van der Waals surface area contributed by atoms with E-state index < -0.39 is 11.8 Å². The van der Waals surface area contributed by atoms with Crippen LogP contribution >= 0.6 is 15.9 Å². The third kappa shape index (κ3) is 4.92. The van der Waals surface area contributed by atoms with Gasteiger partial charge in [0.2, 0.25) is 0 Å². The number of halogens is 1. The number of carbonyl (C=O) groups is 2. The highest BCUT2D eigenvalue weighted by Crippen LogP contribution is 2.19. The maximum atomic E-state index is 11.8. The Bertz CT molecular complexity index is 763. The lowest BCUT2D eigenvalue weighted by Gasteiger charge is -2.13. The van der Waals surface area contributed by atoms with Gasteiger partial charge in [0, 0.05) is 10.0 Å². The summed E-state index contributed by atoms with van der Waals surface area (Å²) in [6.45, 7) is 1.78. The summed E-state index contributed by atoms with van der Waals surface area (Å²) < 4.78 is 0.752. The van der Waals surface area contributed by atoms with Crippen LogP contribution in [-0.4, -0.2) is 23.1 Å². The number of rotatable bonds is 4. The molecule has 1 atom stereocenters. The van der Waals surface area contributed by atoms with Gasteiger partial charge in [0.1, 0.15) is 5.75 Å². The van der Waals surface area contributed by atoms with Crippen LogP contribution in [0.1, 0.15) is 24.1 Å². The Hall–Kier alpha value is -2.67. The van der Waals surface area contributed by atoms with Gasteiger partial charge in [0.25, 0.3) is 0 Å². The zero-order chi connectivity index (χ0) is 17.5. The molecule has 0 aliphatic heterocycles. The molecule has 0 aliphatic rings. The normalized spacial score (nSPS) is 11.9. The highest BCUT2D eigenvalue weighted by molar-refractivity contribution is 9.10. The van der Waals surface area contributed by atoms with Crippen molar-refractivity contribution in [3.63, 3.8) is 0 Å². The summed E-state index contributed by atoms with van der Waals surface area (Å²) in [6, 6.07) is 13.8. The number of phenols is 1. The molecule has 6 nitrogen and oxygen atoms in total. The Labute approximate surface area is 147 Å². The largest absolute Gasteiger partial charge is 0.507 e. The highest BCUT2D eigenvalue weighted by Gasteiger charge is 2.16. The predicted octanol–water partition coefficient (Wildman–Crippen LogP) is 2.48. The molecule has 3 N–H and O–H groups in total. The minimum Gasteiger partial charge on any atom is -0.507 e. The molecule has 2 aromatic rings. The van der Waals surface area contributed by atoms with Crippen molar-refractivity contribution >= 4 is 34.0 Å². The van der Waals surface area contributed by atoms with Gasteiger partial charge in [-0.05, 0) is 30.7 Å². The lowest BCUT2D eigenvalue weighted by Crippen LogP contribution is -2.39. The van der Waals surface area contributed by atoms with E-state index in [0.29, 0.717) is 5.56 Å². The van der Waals surface area contributed by atoms with Crippen LogP contribution in [0.25, 0.3) is 0 Å². The van der Waals surface area contributed by atoms with Crippen LogP contribution in [0.2, 0.25) is 0 Å². The molecule has 2 rings (SSSR count). The van der Waals surface area contributed by atoms with Gasteiger partial charge < -0.3 is 10.4 Å². The van der Waals surface area contributed by atoms with Gasteiger partial charge in [-0.3, -0.25) is 9.59 Å². The number of nitrogens with zero attached hydrogens (tertiary/aromatic N) is 1. The molecule has 0 fully saturated rings. The summed E-state index contributed by atoms with van der Waals surface area (Å²) in [6.07, 6.45) is 1.26. The van der Waals surface area contributed by atoms with Crippen molar-refractivity contribution in [2.45, 2.75) is 13.0 Å². The molecule has 24 heavy (non-hydrogen) atoms. The summed E-state index contributed by atoms with van der Waals surface area (Å²) in [5.74, 6) is -1.66. The minimum absolute atomic E-state index is 0.0124. The van der Waals surface area contributed by atoms with Crippen molar-refractivity contribution in [1.29, 1.82) is 0 Å². The molecule has 0 radical (unpaired) electrons. The third-order valence-electron chi connectivity index (χ3n) is 3.21. The second kappa shape index (κ2) is 8.26. The molecule has 0 heterocycles. The number of phenolic OH excluding ortho intramolecular Hbond substituents is 1. The van der Waals surface area contributed by atoms with Crippen LogP contribution in [0.3, 0.4) is 0 Å². The van der Waals surface area contributed by atoms with Crippen molar-refractivity contribution in [2.75, 3.05) is 0 Å². The number of hydrogen-bond acceptors (Lipinski definition) is 4. The van der Waals surface area contributed by atoms with Gasteiger partial charge in [-0.25, -0.2) is 5.43 Å². The predicted molar refractivity (Wildman–Crippen MR) is 94.5 cm³/mol. The van der Waals surface area contributed by atoms with E-state index in [1.54, 1.807) is 19.1 Å². The molecule has 0 bridgehead atoms. The minimum atomic E-state index is -0.886. The molecule has 124 valence electrons. The summed E-state index contributed by atoms with van der Waals surface area (Å²) in [4.78, 5) is 23.6. The number of amides is 2. The second-order valence-electron chi connectivity index (χ2n) is 5.01. The number of benzene rings is 2. The Balaban J connectivity index is 1.91. The van der Waals surface area contributed by atoms with Gasteiger partial charge >= 0.3 is 11.8 Å². The molecule has 2 aromatic carbocycles. The maximum absolute atomic E-state index is 11.8. The fourth-order valence-corrected chi connectivity index (χ4v) is 2.31. The topological polar surface area (TPSA) is 90.8 Å². The number of hydrazone groups is 1. The van der Waals surface area contributed by atoms with E-state index in [9.17, 15) is 14.7 Å². The van der Waals surface area contributed by atoms with Crippen molar-refractivity contribution in [3.05, 3.63) is 64.1 Å². The Morgan fingerprint density at radius 1 is 1.17 bits per heavy atom. The molecule has 7 heteroatoms. The molecule has 0 saturated carbocycles. The highest BCUT2D eigenvalue weighted by atomic mass is 79.9. The van der Waals surface area contributed by atoms with E-state index in [1.165, 1.54) is 12.3 Å². The Morgan fingerprint density at radius 2 is 1.88 bits per heavy atom. The monoisotopic (exact) mass is 389 g/mol. The number of hydrogen-bond donors (Lipinski definition) is 3. The summed E-state index contributed by atoms with van der Waals surface area (Å²) in [7, 11) is 0. The van der Waals surface area contributed by atoms with Crippen molar-refractivity contribution in [1.82, 2.24) is 10.7 Å². The van der Waals surface area contributed by atoms with E-state index in [4.69, 9.17) is 0 Å². The lowest BCUT2D eigenvalue weighted by atomic mass is 10.1. The average molecular weight is 390 g/mol.